The SMILES string of the molecule is Cc1ccn(CCC(=O)N2CCC(c3cc(C(F)(F)F)n4nc(C)cc4n3)CC2)n1. The van der Waals surface area contributed by atoms with Gasteiger partial charge in [-0.15, -0.1) is 0 Å². The largest absolute Gasteiger partial charge is 0.433 e. The molecular weight excluding hydrogens is 397 g/mol. The van der Waals surface area contributed by atoms with Gasteiger partial charge in [0.15, 0.2) is 5.65 Å². The third-order valence-electron chi connectivity index (χ3n) is 5.45. The summed E-state index contributed by atoms with van der Waals surface area (Å²) in [6.45, 7) is 5.07. The number of aryl methyl sites for hydroxylation is 3. The fraction of sp³-hybridized carbons (Fsp3) is 0.500. The molecule has 1 amide bonds. The average Bonchev–Trinajstić information content (AvgIpc) is 3.28. The van der Waals surface area contributed by atoms with Crippen molar-refractivity contribution >= 4 is 11.6 Å². The molecule has 0 bridgehead atoms. The van der Waals surface area contributed by atoms with Gasteiger partial charge in [0.2, 0.25) is 5.91 Å². The Morgan fingerprint density at radius 3 is 2.50 bits per heavy atom. The molecule has 30 heavy (non-hydrogen) atoms. The van der Waals surface area contributed by atoms with Gasteiger partial charge in [-0.25, -0.2) is 9.50 Å². The van der Waals surface area contributed by atoms with E-state index >= 15 is 0 Å². The first-order chi connectivity index (χ1) is 14.2. The van der Waals surface area contributed by atoms with Crippen LogP contribution in [0.5, 0.6) is 0 Å². The average molecular weight is 420 g/mol. The van der Waals surface area contributed by atoms with Gasteiger partial charge in [0, 0.05) is 49.9 Å². The zero-order valence-electron chi connectivity index (χ0n) is 16.9. The first-order valence-electron chi connectivity index (χ1n) is 9.93. The maximum absolute atomic E-state index is 13.5. The molecule has 0 atom stereocenters. The molecule has 0 N–H and O–H groups in total. The number of piperidine rings is 1. The molecule has 4 heterocycles. The van der Waals surface area contributed by atoms with Crippen molar-refractivity contribution in [1.82, 2.24) is 29.3 Å². The molecule has 1 aliphatic heterocycles. The predicted octanol–water partition coefficient (Wildman–Crippen LogP) is 3.36. The highest BCUT2D eigenvalue weighted by atomic mass is 19.4. The van der Waals surface area contributed by atoms with Crippen LogP contribution in [0, 0.1) is 13.8 Å². The predicted molar refractivity (Wildman–Crippen MR) is 103 cm³/mol. The lowest BCUT2D eigenvalue weighted by atomic mass is 9.92. The second-order valence-corrected chi connectivity index (χ2v) is 7.74. The number of alkyl halides is 3. The van der Waals surface area contributed by atoms with Gasteiger partial charge in [0.1, 0.15) is 5.69 Å². The smallest absolute Gasteiger partial charge is 0.343 e. The van der Waals surface area contributed by atoms with Gasteiger partial charge in [-0.2, -0.15) is 23.4 Å². The minimum atomic E-state index is -4.52. The van der Waals surface area contributed by atoms with Crippen LogP contribution in [0.25, 0.3) is 5.65 Å². The molecular formula is C20H23F3N6O. The monoisotopic (exact) mass is 420 g/mol. The van der Waals surface area contributed by atoms with Gasteiger partial charge in [0.25, 0.3) is 0 Å². The summed E-state index contributed by atoms with van der Waals surface area (Å²) >= 11 is 0. The Labute approximate surface area is 171 Å². The summed E-state index contributed by atoms with van der Waals surface area (Å²) in [7, 11) is 0. The fourth-order valence-corrected chi connectivity index (χ4v) is 3.90. The molecule has 0 aromatic carbocycles. The van der Waals surface area contributed by atoms with Crippen molar-refractivity contribution in [2.45, 2.75) is 51.7 Å². The van der Waals surface area contributed by atoms with E-state index < -0.39 is 11.9 Å². The lowest BCUT2D eigenvalue weighted by Crippen LogP contribution is -2.38. The normalized spacial score (nSPS) is 15.8. The van der Waals surface area contributed by atoms with Crippen molar-refractivity contribution in [1.29, 1.82) is 0 Å². The van der Waals surface area contributed by atoms with E-state index in [1.165, 1.54) is 0 Å². The lowest BCUT2D eigenvalue weighted by Gasteiger charge is -2.32. The number of fused-ring (bicyclic) bond motifs is 1. The summed E-state index contributed by atoms with van der Waals surface area (Å²) < 4.78 is 43.2. The maximum Gasteiger partial charge on any atom is 0.433 e. The summed E-state index contributed by atoms with van der Waals surface area (Å²) in [5.41, 5.74) is 1.18. The van der Waals surface area contributed by atoms with E-state index in [0.29, 0.717) is 50.3 Å². The number of hydrogen-bond donors (Lipinski definition) is 0. The molecule has 0 radical (unpaired) electrons. The summed E-state index contributed by atoms with van der Waals surface area (Å²) in [4.78, 5) is 18.7. The highest BCUT2D eigenvalue weighted by Crippen LogP contribution is 2.34. The molecule has 1 aliphatic rings. The molecule has 1 saturated heterocycles. The molecule has 0 unspecified atom stereocenters. The van der Waals surface area contributed by atoms with Gasteiger partial charge in [-0.05, 0) is 38.8 Å². The zero-order valence-corrected chi connectivity index (χ0v) is 16.9. The minimum absolute atomic E-state index is 0.0346. The van der Waals surface area contributed by atoms with Crippen LogP contribution in [0.15, 0.2) is 24.4 Å². The van der Waals surface area contributed by atoms with Crippen LogP contribution < -0.4 is 0 Å². The van der Waals surface area contributed by atoms with E-state index in [1.54, 1.807) is 22.6 Å². The Hall–Kier alpha value is -2.91. The van der Waals surface area contributed by atoms with Crippen LogP contribution in [0.1, 0.15) is 48.0 Å². The van der Waals surface area contributed by atoms with Crippen LogP contribution in [0.4, 0.5) is 13.2 Å². The number of likely N-dealkylation sites (tertiary alicyclic amines) is 1. The van der Waals surface area contributed by atoms with Crippen molar-refractivity contribution < 1.29 is 18.0 Å². The number of nitrogens with zero attached hydrogens (tertiary/aromatic N) is 6. The minimum Gasteiger partial charge on any atom is -0.343 e. The summed E-state index contributed by atoms with van der Waals surface area (Å²) in [5, 5.41) is 8.19. The van der Waals surface area contributed by atoms with Crippen molar-refractivity contribution in [2.24, 2.45) is 0 Å². The van der Waals surface area contributed by atoms with E-state index in [1.807, 2.05) is 19.2 Å². The molecule has 160 valence electrons. The first kappa shape index (κ1) is 20.4. The number of amides is 1. The molecule has 0 aliphatic carbocycles. The molecule has 3 aromatic heterocycles. The van der Waals surface area contributed by atoms with Gasteiger partial charge in [-0.3, -0.25) is 9.48 Å². The Morgan fingerprint density at radius 2 is 1.87 bits per heavy atom. The summed E-state index contributed by atoms with van der Waals surface area (Å²) in [6, 6.07) is 4.53. The Kier molecular flexibility index (Phi) is 5.25. The van der Waals surface area contributed by atoms with E-state index in [9.17, 15) is 18.0 Å². The highest BCUT2D eigenvalue weighted by Gasteiger charge is 2.36. The molecule has 0 saturated carbocycles. The summed E-state index contributed by atoms with van der Waals surface area (Å²) in [6.07, 6.45) is -1.16. The maximum atomic E-state index is 13.5. The second-order valence-electron chi connectivity index (χ2n) is 7.74. The van der Waals surface area contributed by atoms with Gasteiger partial charge >= 0.3 is 6.18 Å². The molecule has 3 aromatic rings. The van der Waals surface area contributed by atoms with Gasteiger partial charge in [0.05, 0.1) is 11.4 Å². The van der Waals surface area contributed by atoms with Crippen LogP contribution >= 0.6 is 0 Å². The van der Waals surface area contributed by atoms with Crippen molar-refractivity contribution in [3.8, 4) is 0 Å². The Bertz CT molecular complexity index is 1060. The third-order valence-corrected chi connectivity index (χ3v) is 5.45. The summed E-state index contributed by atoms with van der Waals surface area (Å²) in [5.74, 6) is -0.0865. The molecule has 7 nitrogen and oxygen atoms in total. The second kappa shape index (κ2) is 7.73. The van der Waals surface area contributed by atoms with E-state index in [-0.39, 0.29) is 17.5 Å². The van der Waals surface area contributed by atoms with E-state index in [0.717, 1.165) is 16.3 Å². The van der Waals surface area contributed by atoms with Crippen LogP contribution in [-0.4, -0.2) is 48.3 Å². The van der Waals surface area contributed by atoms with Crippen LogP contribution in [0.3, 0.4) is 0 Å². The molecule has 4 rings (SSSR count). The Morgan fingerprint density at radius 1 is 1.13 bits per heavy atom. The molecule has 1 fully saturated rings. The number of hydrogen-bond acceptors (Lipinski definition) is 4. The van der Waals surface area contributed by atoms with Crippen LogP contribution in [0.2, 0.25) is 0 Å². The number of aromatic nitrogens is 5. The number of halogens is 3. The van der Waals surface area contributed by atoms with Gasteiger partial charge < -0.3 is 4.90 Å². The molecule has 10 heteroatoms. The van der Waals surface area contributed by atoms with E-state index in [2.05, 4.69) is 15.2 Å². The van der Waals surface area contributed by atoms with Crippen molar-refractivity contribution in [2.75, 3.05) is 13.1 Å². The standard InChI is InChI=1S/C20H23F3N6O/c1-13-3-9-28(25-13)10-6-19(30)27-7-4-15(5-8-27)16-12-17(20(21,22)23)29-18(24-16)11-14(2)26-29/h3,9,11-12,15H,4-8,10H2,1-2H3. The third kappa shape index (κ3) is 4.17. The number of rotatable bonds is 4. The highest BCUT2D eigenvalue weighted by molar-refractivity contribution is 5.76. The Balaban J connectivity index is 1.43. The fourth-order valence-electron chi connectivity index (χ4n) is 3.90. The zero-order chi connectivity index (χ0) is 21.5. The number of carbonyl (C=O) groups is 1. The van der Waals surface area contributed by atoms with Crippen molar-refractivity contribution in [3.05, 3.63) is 47.2 Å². The topological polar surface area (TPSA) is 68.3 Å². The quantitative estimate of drug-likeness (QED) is 0.649. The van der Waals surface area contributed by atoms with E-state index in [4.69, 9.17) is 0 Å². The van der Waals surface area contributed by atoms with Gasteiger partial charge in [-0.1, -0.05) is 0 Å². The molecule has 0 spiro atoms. The first-order valence-corrected chi connectivity index (χ1v) is 9.93. The van der Waals surface area contributed by atoms with Crippen LogP contribution in [-0.2, 0) is 17.5 Å². The number of carbonyl (C=O) groups excluding carboxylic acids is 1. The lowest BCUT2D eigenvalue weighted by molar-refractivity contribution is -0.142. The van der Waals surface area contributed by atoms with Crippen molar-refractivity contribution in [3.63, 3.8) is 0 Å².